The van der Waals surface area contributed by atoms with Gasteiger partial charge in [-0.15, -0.1) is 0 Å². The summed E-state index contributed by atoms with van der Waals surface area (Å²) < 4.78 is 37.9. The van der Waals surface area contributed by atoms with Crippen molar-refractivity contribution in [1.82, 2.24) is 9.62 Å². The molecule has 21 heavy (non-hydrogen) atoms. The van der Waals surface area contributed by atoms with Crippen molar-refractivity contribution in [2.24, 2.45) is 0 Å². The summed E-state index contributed by atoms with van der Waals surface area (Å²) in [7, 11) is -3.49. The number of nitrogens with zero attached hydrogens (tertiary/aromatic N) is 1. The summed E-state index contributed by atoms with van der Waals surface area (Å²) >= 11 is 0. The summed E-state index contributed by atoms with van der Waals surface area (Å²) in [5.74, 6) is 1.15. The van der Waals surface area contributed by atoms with Gasteiger partial charge in [-0.1, -0.05) is 0 Å². The van der Waals surface area contributed by atoms with Crippen LogP contribution in [0.5, 0.6) is 0 Å². The molecule has 2 heterocycles. The van der Waals surface area contributed by atoms with Crippen molar-refractivity contribution in [3.8, 4) is 0 Å². The second-order valence-corrected chi connectivity index (χ2v) is 7.56. The van der Waals surface area contributed by atoms with Crippen LogP contribution in [0.4, 0.5) is 0 Å². The Hall–Kier alpha value is -0.890. The van der Waals surface area contributed by atoms with Crippen LogP contribution in [-0.2, 0) is 21.3 Å². The SMILES string of the molecule is Cc1oc(CNC2CC2)cc1S(=O)(=O)N1CCCOCC1. The van der Waals surface area contributed by atoms with Crippen LogP contribution >= 0.6 is 0 Å². The average molecular weight is 314 g/mol. The van der Waals surface area contributed by atoms with Crippen molar-refractivity contribution in [3.05, 3.63) is 17.6 Å². The van der Waals surface area contributed by atoms with Gasteiger partial charge >= 0.3 is 0 Å². The van der Waals surface area contributed by atoms with E-state index < -0.39 is 10.0 Å². The molecule has 1 aromatic heterocycles. The lowest BCUT2D eigenvalue weighted by Crippen LogP contribution is -2.33. The predicted molar refractivity (Wildman–Crippen MR) is 77.5 cm³/mol. The zero-order chi connectivity index (χ0) is 14.9. The molecule has 0 unspecified atom stereocenters. The number of rotatable bonds is 5. The molecule has 1 saturated heterocycles. The van der Waals surface area contributed by atoms with Crippen molar-refractivity contribution in [1.29, 1.82) is 0 Å². The van der Waals surface area contributed by atoms with Gasteiger partial charge in [0.2, 0.25) is 10.0 Å². The Kier molecular flexibility index (Phi) is 4.35. The Balaban J connectivity index is 1.76. The van der Waals surface area contributed by atoms with E-state index >= 15 is 0 Å². The number of sulfonamides is 1. The first-order chi connectivity index (χ1) is 10.1. The maximum absolute atomic E-state index is 12.7. The molecule has 1 aromatic rings. The van der Waals surface area contributed by atoms with E-state index in [0.29, 0.717) is 50.4 Å². The third kappa shape index (κ3) is 3.48. The molecule has 1 aliphatic carbocycles. The lowest BCUT2D eigenvalue weighted by Gasteiger charge is -2.18. The van der Waals surface area contributed by atoms with Crippen LogP contribution in [0.3, 0.4) is 0 Å². The molecule has 0 bridgehead atoms. The second kappa shape index (κ2) is 6.08. The van der Waals surface area contributed by atoms with Gasteiger partial charge < -0.3 is 14.5 Å². The third-order valence-corrected chi connectivity index (χ3v) is 5.87. The van der Waals surface area contributed by atoms with Crippen LogP contribution in [0.1, 0.15) is 30.8 Å². The van der Waals surface area contributed by atoms with Gasteiger partial charge in [-0.05, 0) is 26.2 Å². The number of aryl methyl sites for hydroxylation is 1. The van der Waals surface area contributed by atoms with E-state index in [1.807, 2.05) is 0 Å². The van der Waals surface area contributed by atoms with E-state index in [4.69, 9.17) is 9.15 Å². The van der Waals surface area contributed by atoms with Crippen LogP contribution in [-0.4, -0.2) is 45.1 Å². The van der Waals surface area contributed by atoms with Crippen LogP contribution in [0.15, 0.2) is 15.4 Å². The van der Waals surface area contributed by atoms with Crippen molar-refractivity contribution in [3.63, 3.8) is 0 Å². The van der Waals surface area contributed by atoms with Crippen LogP contribution in [0, 0.1) is 6.92 Å². The first kappa shape index (κ1) is 15.0. The van der Waals surface area contributed by atoms with E-state index in [2.05, 4.69) is 5.32 Å². The lowest BCUT2D eigenvalue weighted by molar-refractivity contribution is 0.148. The van der Waals surface area contributed by atoms with Gasteiger partial charge in [0.25, 0.3) is 0 Å². The molecule has 0 atom stereocenters. The molecule has 6 nitrogen and oxygen atoms in total. The normalized spacial score (nSPS) is 21.4. The fraction of sp³-hybridized carbons (Fsp3) is 0.714. The van der Waals surface area contributed by atoms with Gasteiger partial charge in [0.05, 0.1) is 13.2 Å². The highest BCUT2D eigenvalue weighted by Gasteiger charge is 2.29. The number of hydrogen-bond donors (Lipinski definition) is 1. The molecular formula is C14H22N2O4S. The molecular weight excluding hydrogens is 292 g/mol. The van der Waals surface area contributed by atoms with Gasteiger partial charge in [-0.25, -0.2) is 8.42 Å². The first-order valence-corrected chi connectivity index (χ1v) is 8.92. The Labute approximate surface area is 125 Å². The van der Waals surface area contributed by atoms with Crippen molar-refractivity contribution in [2.45, 2.75) is 43.7 Å². The van der Waals surface area contributed by atoms with E-state index in [1.54, 1.807) is 13.0 Å². The summed E-state index contributed by atoms with van der Waals surface area (Å²) in [6, 6.07) is 2.23. The van der Waals surface area contributed by atoms with Gasteiger partial charge in [0, 0.05) is 31.8 Å². The molecule has 0 aromatic carbocycles. The highest BCUT2D eigenvalue weighted by Crippen LogP contribution is 2.25. The topological polar surface area (TPSA) is 71.8 Å². The van der Waals surface area contributed by atoms with Gasteiger partial charge in [-0.2, -0.15) is 4.31 Å². The second-order valence-electron chi connectivity index (χ2n) is 5.66. The fourth-order valence-corrected chi connectivity index (χ4v) is 4.15. The van der Waals surface area contributed by atoms with Gasteiger partial charge in [0.1, 0.15) is 16.4 Å². The molecule has 1 aliphatic heterocycles. The molecule has 1 N–H and O–H groups in total. The fourth-order valence-electron chi connectivity index (χ4n) is 2.50. The number of furan rings is 1. The zero-order valence-corrected chi connectivity index (χ0v) is 13.1. The Morgan fingerprint density at radius 2 is 2.14 bits per heavy atom. The molecule has 0 amide bonds. The minimum absolute atomic E-state index is 0.289. The monoisotopic (exact) mass is 314 g/mol. The molecule has 2 fully saturated rings. The van der Waals surface area contributed by atoms with Crippen LogP contribution in [0.25, 0.3) is 0 Å². The lowest BCUT2D eigenvalue weighted by atomic mass is 10.4. The van der Waals surface area contributed by atoms with Crippen LogP contribution in [0.2, 0.25) is 0 Å². The quantitative estimate of drug-likeness (QED) is 0.885. The summed E-state index contributed by atoms with van der Waals surface area (Å²) in [5, 5.41) is 3.33. The smallest absolute Gasteiger partial charge is 0.246 e. The molecule has 3 rings (SSSR count). The molecule has 1 saturated carbocycles. The Morgan fingerprint density at radius 3 is 2.90 bits per heavy atom. The van der Waals surface area contributed by atoms with E-state index in [1.165, 1.54) is 17.1 Å². The minimum Gasteiger partial charge on any atom is -0.464 e. The number of nitrogens with one attached hydrogen (secondary N) is 1. The molecule has 2 aliphatic rings. The van der Waals surface area contributed by atoms with Gasteiger partial charge in [0.15, 0.2) is 0 Å². The first-order valence-electron chi connectivity index (χ1n) is 7.48. The van der Waals surface area contributed by atoms with Crippen molar-refractivity contribution in [2.75, 3.05) is 26.3 Å². The van der Waals surface area contributed by atoms with E-state index in [9.17, 15) is 8.42 Å². The minimum atomic E-state index is -3.49. The standard InChI is InChI=1S/C14H22N2O4S/c1-11-14(9-13(20-11)10-15-12-3-4-12)21(17,18)16-5-2-7-19-8-6-16/h9,12,15H,2-8,10H2,1H3. The number of ether oxygens (including phenoxy) is 1. The largest absolute Gasteiger partial charge is 0.464 e. The van der Waals surface area contributed by atoms with Gasteiger partial charge in [-0.3, -0.25) is 0 Å². The number of hydrogen-bond acceptors (Lipinski definition) is 5. The summed E-state index contributed by atoms with van der Waals surface area (Å²) in [5.41, 5.74) is 0. The highest BCUT2D eigenvalue weighted by atomic mass is 32.2. The maximum atomic E-state index is 12.7. The van der Waals surface area contributed by atoms with Crippen molar-refractivity contribution >= 4 is 10.0 Å². The Bertz CT molecular complexity index is 584. The maximum Gasteiger partial charge on any atom is 0.246 e. The molecule has 0 radical (unpaired) electrons. The average Bonchev–Trinajstić information content (AvgIpc) is 3.23. The molecule has 0 spiro atoms. The highest BCUT2D eigenvalue weighted by molar-refractivity contribution is 7.89. The molecule has 7 heteroatoms. The van der Waals surface area contributed by atoms with E-state index in [-0.39, 0.29) is 4.90 Å². The summed E-state index contributed by atoms with van der Waals surface area (Å²) in [6.07, 6.45) is 3.11. The van der Waals surface area contributed by atoms with Crippen LogP contribution < -0.4 is 5.32 Å². The predicted octanol–water partition coefficient (Wildman–Crippen LogP) is 1.25. The summed E-state index contributed by atoms with van der Waals surface area (Å²) in [4.78, 5) is 0.289. The summed E-state index contributed by atoms with van der Waals surface area (Å²) in [6.45, 7) is 4.27. The van der Waals surface area contributed by atoms with E-state index in [0.717, 1.165) is 6.42 Å². The molecule has 118 valence electrons. The zero-order valence-electron chi connectivity index (χ0n) is 12.3. The third-order valence-electron chi connectivity index (χ3n) is 3.86. The van der Waals surface area contributed by atoms with Crippen molar-refractivity contribution < 1.29 is 17.6 Å². The Morgan fingerprint density at radius 1 is 1.33 bits per heavy atom.